The fourth-order valence-corrected chi connectivity index (χ4v) is 13.4. The van der Waals surface area contributed by atoms with Crippen molar-refractivity contribution in [1.29, 1.82) is 5.26 Å². The van der Waals surface area contributed by atoms with Crippen molar-refractivity contribution in [3.63, 3.8) is 0 Å². The lowest BCUT2D eigenvalue weighted by Gasteiger charge is -2.32. The van der Waals surface area contributed by atoms with E-state index in [1.807, 2.05) is 18.2 Å². The van der Waals surface area contributed by atoms with Crippen LogP contribution in [-0.4, -0.2) is 27.6 Å². The van der Waals surface area contributed by atoms with E-state index in [0.717, 1.165) is 65.3 Å². The number of aromatic nitrogens is 4. The van der Waals surface area contributed by atoms with Crippen molar-refractivity contribution in [2.75, 3.05) is 0 Å². The van der Waals surface area contributed by atoms with E-state index in [0.29, 0.717) is 16.9 Å². The first-order chi connectivity index (χ1) is 28.7. The van der Waals surface area contributed by atoms with Gasteiger partial charge in [-0.25, -0.2) is 15.0 Å². The molecule has 0 N–H and O–H groups in total. The Morgan fingerprint density at radius 1 is 0.414 bits per heavy atom. The van der Waals surface area contributed by atoms with Crippen LogP contribution in [0.25, 0.3) is 71.1 Å². The summed E-state index contributed by atoms with van der Waals surface area (Å²) in [5.41, 5.74) is 5.71. The first-order valence-electron chi connectivity index (χ1n) is 19.4. The molecule has 5 nitrogen and oxygen atoms in total. The van der Waals surface area contributed by atoms with Gasteiger partial charge in [-0.3, -0.25) is 0 Å². The predicted molar refractivity (Wildman–Crippen MR) is 241 cm³/mol. The fraction of sp³-hybridized carbons (Fsp3) is 0. The minimum Gasteiger partial charge on any atom is -0.309 e. The van der Waals surface area contributed by atoms with Gasteiger partial charge in [-0.15, -0.1) is 0 Å². The van der Waals surface area contributed by atoms with Crippen LogP contribution < -0.4 is 21.0 Å². The van der Waals surface area contributed by atoms with E-state index in [9.17, 15) is 5.26 Å². The number of para-hydroxylation sites is 1. The SMILES string of the molecule is N#Cc1ccc2c3cc4cc(c5ccccc5c5nc([Si](c6ccccc6)(c6ccccc6)c6ccccc6)nc(n5)c5ccccc45)c3n(-c3ccccc3)c2c1. The molecule has 6 heteroatoms. The second kappa shape index (κ2) is 13.5. The van der Waals surface area contributed by atoms with Gasteiger partial charge in [0.1, 0.15) is 5.45 Å². The van der Waals surface area contributed by atoms with E-state index in [1.165, 1.54) is 15.6 Å². The van der Waals surface area contributed by atoms with E-state index >= 15 is 0 Å². The molecule has 270 valence electrons. The summed E-state index contributed by atoms with van der Waals surface area (Å²) in [6, 6.07) is 72.8. The number of rotatable bonds is 5. The Morgan fingerprint density at radius 3 is 1.43 bits per heavy atom. The number of benzene rings is 8. The molecule has 4 bridgehead atoms. The van der Waals surface area contributed by atoms with Crippen molar-refractivity contribution in [3.05, 3.63) is 206 Å². The van der Waals surface area contributed by atoms with Gasteiger partial charge in [0.05, 0.1) is 22.7 Å². The molecule has 0 fully saturated rings. The summed E-state index contributed by atoms with van der Waals surface area (Å²) in [4.78, 5) is 16.7. The summed E-state index contributed by atoms with van der Waals surface area (Å²) in [6.45, 7) is 0. The lowest BCUT2D eigenvalue weighted by Crippen LogP contribution is -2.76. The Hall–Kier alpha value is -7.72. The van der Waals surface area contributed by atoms with Crippen LogP contribution in [0.1, 0.15) is 5.56 Å². The molecule has 0 saturated carbocycles. The van der Waals surface area contributed by atoms with Crippen LogP contribution in [0.5, 0.6) is 0 Å². The van der Waals surface area contributed by atoms with Crippen LogP contribution in [0.2, 0.25) is 0 Å². The van der Waals surface area contributed by atoms with Gasteiger partial charge in [-0.1, -0.05) is 164 Å². The van der Waals surface area contributed by atoms with Gasteiger partial charge < -0.3 is 4.57 Å². The van der Waals surface area contributed by atoms with Crippen LogP contribution >= 0.6 is 0 Å². The Bertz CT molecular complexity index is 3360. The number of fused-ring (bicyclic) bond motifs is 14. The minimum absolute atomic E-state index is 0.615. The van der Waals surface area contributed by atoms with Crippen molar-refractivity contribution in [2.24, 2.45) is 0 Å². The molecule has 0 aliphatic heterocycles. The zero-order valence-corrected chi connectivity index (χ0v) is 32.3. The van der Waals surface area contributed by atoms with Crippen LogP contribution in [0.4, 0.5) is 0 Å². The molecule has 0 amide bonds. The highest BCUT2D eigenvalue weighted by molar-refractivity contribution is 7.19. The summed E-state index contributed by atoms with van der Waals surface area (Å²) in [5, 5.41) is 21.8. The highest BCUT2D eigenvalue weighted by Gasteiger charge is 2.45. The number of hydrogen-bond acceptors (Lipinski definition) is 4. The standard InChI is InChI=1S/C52H33N5Si/c53-34-35-29-30-43-47-33-36-32-46(49(47)57(48(43)31-35)37-17-5-1-6-18-37)42-26-14-16-28-45(42)51-54-50(44-27-15-13-25-41(36)44)55-52(56-51)58(38-19-7-2-8-20-38,39-21-9-3-10-22-39)40-23-11-4-12-24-40/h1-33H. The van der Waals surface area contributed by atoms with Gasteiger partial charge in [-0.2, -0.15) is 5.26 Å². The monoisotopic (exact) mass is 755 g/mol. The Labute approximate surface area is 335 Å². The van der Waals surface area contributed by atoms with Crippen LogP contribution in [0.3, 0.4) is 0 Å². The molecule has 8 aromatic carbocycles. The maximum atomic E-state index is 10.1. The molecule has 0 saturated heterocycles. The average molecular weight is 756 g/mol. The molecule has 3 aromatic heterocycles. The normalized spacial score (nSPS) is 11.8. The highest BCUT2D eigenvalue weighted by Crippen LogP contribution is 2.40. The third kappa shape index (κ3) is 5.11. The zero-order chi connectivity index (χ0) is 38.6. The molecule has 0 aliphatic carbocycles. The molecule has 0 spiro atoms. The smallest absolute Gasteiger partial charge is 0.226 e. The molecule has 0 unspecified atom stereocenters. The van der Waals surface area contributed by atoms with Gasteiger partial charge >= 0.3 is 0 Å². The Kier molecular flexibility index (Phi) is 7.81. The Morgan fingerprint density at radius 2 is 0.879 bits per heavy atom. The van der Waals surface area contributed by atoms with Crippen LogP contribution in [0.15, 0.2) is 200 Å². The Balaban J connectivity index is 1.40. The van der Waals surface area contributed by atoms with E-state index in [1.54, 1.807) is 0 Å². The minimum atomic E-state index is -3.15. The zero-order valence-electron chi connectivity index (χ0n) is 31.3. The summed E-state index contributed by atoms with van der Waals surface area (Å²) in [6.07, 6.45) is 0. The molecule has 0 aliphatic rings. The van der Waals surface area contributed by atoms with E-state index in [4.69, 9.17) is 15.0 Å². The van der Waals surface area contributed by atoms with Crippen LogP contribution in [-0.2, 0) is 0 Å². The summed E-state index contributed by atoms with van der Waals surface area (Å²) < 4.78 is 2.31. The lowest BCUT2D eigenvalue weighted by molar-refractivity contribution is 1.19. The van der Waals surface area contributed by atoms with Crippen molar-refractivity contribution < 1.29 is 0 Å². The van der Waals surface area contributed by atoms with Gasteiger partial charge in [0, 0.05) is 32.6 Å². The average Bonchev–Trinajstić information content (AvgIpc) is 3.63. The lowest BCUT2D eigenvalue weighted by atomic mass is 10.00. The van der Waals surface area contributed by atoms with E-state index in [2.05, 4.69) is 193 Å². The van der Waals surface area contributed by atoms with E-state index in [-0.39, 0.29) is 0 Å². The third-order valence-corrected chi connectivity index (χ3v) is 16.0. The molecule has 0 atom stereocenters. The van der Waals surface area contributed by atoms with Gasteiger partial charge in [-0.05, 0) is 68.1 Å². The molecule has 11 aromatic rings. The van der Waals surface area contributed by atoms with Crippen molar-refractivity contribution in [3.8, 4) is 11.8 Å². The second-order valence-electron chi connectivity index (χ2n) is 14.7. The maximum absolute atomic E-state index is 10.1. The molecular weight excluding hydrogens is 723 g/mol. The number of hydrogen-bond donors (Lipinski definition) is 0. The third-order valence-electron chi connectivity index (χ3n) is 11.5. The van der Waals surface area contributed by atoms with Crippen molar-refractivity contribution in [2.45, 2.75) is 0 Å². The summed E-state index contributed by atoms with van der Waals surface area (Å²) in [5.74, 6) is 0. The fourth-order valence-electron chi connectivity index (χ4n) is 9.00. The van der Waals surface area contributed by atoms with Crippen molar-refractivity contribution in [1.82, 2.24) is 19.5 Å². The topological polar surface area (TPSA) is 67.4 Å². The largest absolute Gasteiger partial charge is 0.309 e. The molecule has 11 rings (SSSR count). The number of nitriles is 1. The summed E-state index contributed by atoms with van der Waals surface area (Å²) >= 11 is 0. The molecule has 3 heterocycles. The molecule has 0 radical (unpaired) electrons. The predicted octanol–water partition coefficient (Wildman–Crippen LogP) is 9.39. The molecular formula is C52H33N5Si. The maximum Gasteiger partial charge on any atom is 0.226 e. The highest BCUT2D eigenvalue weighted by atomic mass is 28.3. The molecule has 58 heavy (non-hydrogen) atoms. The van der Waals surface area contributed by atoms with E-state index < -0.39 is 8.07 Å². The van der Waals surface area contributed by atoms with Gasteiger partial charge in [0.15, 0.2) is 11.3 Å². The summed E-state index contributed by atoms with van der Waals surface area (Å²) in [7, 11) is -3.15. The van der Waals surface area contributed by atoms with Gasteiger partial charge in [0.25, 0.3) is 0 Å². The van der Waals surface area contributed by atoms with Gasteiger partial charge in [0.2, 0.25) is 8.07 Å². The number of nitrogens with zero attached hydrogens (tertiary/aromatic N) is 5. The van der Waals surface area contributed by atoms with Crippen molar-refractivity contribution >= 4 is 94.5 Å². The quantitative estimate of drug-likeness (QED) is 0.130. The second-order valence-corrected chi connectivity index (χ2v) is 18.4. The first kappa shape index (κ1) is 33.6. The first-order valence-corrected chi connectivity index (χ1v) is 21.4. The van der Waals surface area contributed by atoms with Crippen LogP contribution in [0, 0.1) is 11.3 Å².